The fraction of sp³-hybridized carbons (Fsp3) is 0.483. The van der Waals surface area contributed by atoms with E-state index in [9.17, 15) is 9.59 Å². The zero-order chi connectivity index (χ0) is 27.3. The van der Waals surface area contributed by atoms with Crippen molar-refractivity contribution in [2.45, 2.75) is 65.6 Å². The summed E-state index contributed by atoms with van der Waals surface area (Å²) < 4.78 is 18.7. The molecule has 0 spiro atoms. The van der Waals surface area contributed by atoms with Gasteiger partial charge in [-0.2, -0.15) is 0 Å². The van der Waals surface area contributed by atoms with Crippen molar-refractivity contribution in [3.8, 4) is 11.5 Å². The number of carbonyl (C=O) groups excluding carboxylic acids is 2. The highest BCUT2D eigenvalue weighted by atomic mass is 16.6. The first kappa shape index (κ1) is 27.3. The van der Waals surface area contributed by atoms with Crippen molar-refractivity contribution < 1.29 is 23.8 Å². The molecule has 0 unspecified atom stereocenters. The number of hydrogen-bond acceptors (Lipinski definition) is 6. The molecule has 1 fully saturated rings. The van der Waals surface area contributed by atoms with Crippen molar-refractivity contribution in [1.29, 1.82) is 0 Å². The van der Waals surface area contributed by atoms with Gasteiger partial charge in [-0.3, -0.25) is 9.69 Å². The number of hydrogen-bond donors (Lipinski definition) is 0. The molecule has 38 heavy (non-hydrogen) atoms. The molecule has 9 heteroatoms. The quantitative estimate of drug-likeness (QED) is 0.248. The number of pyridine rings is 1. The van der Waals surface area contributed by atoms with E-state index < -0.39 is 5.60 Å². The lowest BCUT2D eigenvalue weighted by Crippen LogP contribution is -2.31. The zero-order valence-corrected chi connectivity index (χ0v) is 23.0. The largest absolute Gasteiger partial charge is 0.493 e. The van der Waals surface area contributed by atoms with E-state index in [0.29, 0.717) is 43.4 Å². The number of amides is 2. The Labute approximate surface area is 224 Å². The van der Waals surface area contributed by atoms with Crippen LogP contribution >= 0.6 is 0 Å². The van der Waals surface area contributed by atoms with Crippen molar-refractivity contribution in [2.24, 2.45) is 0 Å². The third-order valence-corrected chi connectivity index (χ3v) is 6.39. The minimum atomic E-state index is -0.549. The molecule has 1 aliphatic rings. The molecular weight excluding hydrogens is 484 g/mol. The molecule has 0 saturated carbocycles. The predicted molar refractivity (Wildman–Crippen MR) is 147 cm³/mol. The maximum absolute atomic E-state index is 13.4. The second-order valence-corrected chi connectivity index (χ2v) is 10.5. The van der Waals surface area contributed by atoms with Crippen LogP contribution in [0, 0.1) is 0 Å². The van der Waals surface area contributed by atoms with E-state index in [4.69, 9.17) is 14.2 Å². The highest BCUT2D eigenvalue weighted by Gasteiger charge is 2.30. The van der Waals surface area contributed by atoms with Crippen LogP contribution in [0.15, 0.2) is 42.7 Å². The van der Waals surface area contributed by atoms with E-state index in [2.05, 4.69) is 11.9 Å². The molecule has 0 N–H and O–H groups in total. The van der Waals surface area contributed by atoms with Crippen LogP contribution in [0.5, 0.6) is 11.5 Å². The highest BCUT2D eigenvalue weighted by Crippen LogP contribution is 2.34. The molecule has 204 valence electrons. The predicted octanol–water partition coefficient (Wildman–Crippen LogP) is 5.40. The molecule has 0 atom stereocenters. The fourth-order valence-corrected chi connectivity index (χ4v) is 4.58. The van der Waals surface area contributed by atoms with E-state index in [1.165, 1.54) is 0 Å². The van der Waals surface area contributed by atoms with E-state index in [0.717, 1.165) is 35.9 Å². The lowest BCUT2D eigenvalue weighted by Gasteiger charge is -2.21. The maximum atomic E-state index is 13.4. The Morgan fingerprint density at radius 3 is 2.63 bits per heavy atom. The number of fused-ring (bicyclic) bond motifs is 1. The van der Waals surface area contributed by atoms with Gasteiger partial charge in [0.2, 0.25) is 0 Å². The number of aromatic nitrogens is 2. The number of urea groups is 1. The molecule has 3 heterocycles. The average molecular weight is 523 g/mol. The lowest BCUT2D eigenvalue weighted by atomic mass is 10.2. The van der Waals surface area contributed by atoms with Crippen LogP contribution in [0.1, 0.15) is 52.5 Å². The third kappa shape index (κ3) is 6.38. The summed E-state index contributed by atoms with van der Waals surface area (Å²) in [6, 6.07) is 9.41. The minimum Gasteiger partial charge on any atom is -0.493 e. The number of carbonyl (C=O) groups is 2. The Kier molecular flexibility index (Phi) is 8.44. The van der Waals surface area contributed by atoms with Crippen molar-refractivity contribution in [1.82, 2.24) is 14.5 Å². The van der Waals surface area contributed by atoms with Gasteiger partial charge in [0.15, 0.2) is 11.5 Å². The van der Waals surface area contributed by atoms with Gasteiger partial charge < -0.3 is 23.7 Å². The van der Waals surface area contributed by atoms with Gasteiger partial charge in [0.05, 0.1) is 13.7 Å². The Morgan fingerprint density at radius 2 is 1.89 bits per heavy atom. The van der Waals surface area contributed by atoms with E-state index >= 15 is 0 Å². The summed E-state index contributed by atoms with van der Waals surface area (Å²) in [6.45, 7) is 10.0. The van der Waals surface area contributed by atoms with Crippen LogP contribution in [-0.4, -0.2) is 58.9 Å². The van der Waals surface area contributed by atoms with Gasteiger partial charge in [-0.1, -0.05) is 19.8 Å². The fourth-order valence-electron chi connectivity index (χ4n) is 4.58. The molecule has 1 saturated heterocycles. The van der Waals surface area contributed by atoms with Gasteiger partial charge in [-0.25, -0.2) is 9.78 Å². The first-order chi connectivity index (χ1) is 18.2. The smallest absolute Gasteiger partial charge is 0.326 e. The summed E-state index contributed by atoms with van der Waals surface area (Å²) in [5, 5.41) is 0.912. The number of rotatable bonds is 11. The Morgan fingerprint density at radius 1 is 1.08 bits per heavy atom. The van der Waals surface area contributed by atoms with Gasteiger partial charge in [-0.05, 0) is 57.0 Å². The molecule has 4 rings (SSSR count). The molecule has 1 aromatic carbocycles. The van der Waals surface area contributed by atoms with Crippen LogP contribution in [0.2, 0.25) is 0 Å². The third-order valence-electron chi connectivity index (χ3n) is 6.39. The van der Waals surface area contributed by atoms with Gasteiger partial charge in [0.25, 0.3) is 0 Å². The number of nitrogens with zero attached hydrogens (tertiary/aromatic N) is 4. The molecule has 0 bridgehead atoms. The van der Waals surface area contributed by atoms with Gasteiger partial charge in [-0.15, -0.1) is 0 Å². The molecule has 0 radical (unpaired) electrons. The van der Waals surface area contributed by atoms with Gasteiger partial charge in [0, 0.05) is 49.2 Å². The maximum Gasteiger partial charge on any atom is 0.326 e. The molecule has 2 amide bonds. The first-order valence-electron chi connectivity index (χ1n) is 13.2. The van der Waals surface area contributed by atoms with Crippen LogP contribution < -0.4 is 14.4 Å². The molecule has 2 aromatic heterocycles. The topological polar surface area (TPSA) is 86.1 Å². The second-order valence-electron chi connectivity index (χ2n) is 10.5. The monoisotopic (exact) mass is 522 g/mol. The summed E-state index contributed by atoms with van der Waals surface area (Å²) in [4.78, 5) is 33.8. The highest BCUT2D eigenvalue weighted by molar-refractivity contribution is 5.95. The second kappa shape index (κ2) is 11.8. The van der Waals surface area contributed by atoms with Gasteiger partial charge >= 0.3 is 12.0 Å². The molecule has 1 aliphatic heterocycles. The van der Waals surface area contributed by atoms with Crippen molar-refractivity contribution >= 4 is 28.7 Å². The number of anilines is 1. The van der Waals surface area contributed by atoms with Crippen molar-refractivity contribution in [3.05, 3.63) is 48.3 Å². The molecule has 3 aromatic rings. The van der Waals surface area contributed by atoms with Gasteiger partial charge in [0.1, 0.15) is 17.8 Å². The van der Waals surface area contributed by atoms with Crippen molar-refractivity contribution in [3.63, 3.8) is 0 Å². The summed E-state index contributed by atoms with van der Waals surface area (Å²) in [7, 11) is 1.62. The molecular formula is C29H38N4O5. The normalized spacial score (nSPS) is 13.9. The van der Waals surface area contributed by atoms with E-state index in [-0.39, 0.29) is 18.5 Å². The number of benzene rings is 1. The zero-order valence-electron chi connectivity index (χ0n) is 23.0. The Hall–Kier alpha value is -3.75. The summed E-state index contributed by atoms with van der Waals surface area (Å²) >= 11 is 0. The first-order valence-corrected chi connectivity index (χ1v) is 13.2. The Bertz CT molecular complexity index is 1280. The lowest BCUT2D eigenvalue weighted by molar-refractivity contribution is -0.155. The Balaban J connectivity index is 1.46. The summed E-state index contributed by atoms with van der Waals surface area (Å²) in [5.41, 5.74) is 1.90. The number of ether oxygens (including phenoxy) is 3. The minimum absolute atomic E-state index is 0.0646. The van der Waals surface area contributed by atoms with Crippen LogP contribution in [0.4, 0.5) is 10.5 Å². The number of unbranched alkanes of at least 4 members (excludes halogenated alkanes) is 2. The molecule has 0 aliphatic carbocycles. The standard InChI is InChI=1S/C29H38N4O5/c1-6-7-8-17-37-25-18-22(9-10-24(25)36-5)33-16-15-32(28(33)35)19-21-11-13-30-27-23(21)12-14-31(27)20-26(34)38-29(2,3)4/h9-14,18H,6-8,15-17,19-20H2,1-5H3. The number of esters is 1. The molecule has 9 nitrogen and oxygen atoms in total. The SMILES string of the molecule is CCCCCOc1cc(N2CCN(Cc3ccnc4c3ccn4CC(=O)OC(C)(C)C)C2=O)ccc1OC. The van der Waals surface area contributed by atoms with E-state index in [1.807, 2.05) is 62.2 Å². The van der Waals surface area contributed by atoms with Crippen LogP contribution in [0.3, 0.4) is 0 Å². The average Bonchev–Trinajstić information content (AvgIpc) is 3.44. The number of methoxy groups -OCH3 is 1. The summed E-state index contributed by atoms with van der Waals surface area (Å²) in [6.07, 6.45) is 6.75. The van der Waals surface area contributed by atoms with Crippen molar-refractivity contribution in [2.75, 3.05) is 31.7 Å². The van der Waals surface area contributed by atoms with Crippen LogP contribution in [0.25, 0.3) is 11.0 Å². The van der Waals surface area contributed by atoms with E-state index in [1.54, 1.807) is 22.8 Å². The van der Waals surface area contributed by atoms with Crippen LogP contribution in [-0.2, 0) is 22.6 Å². The summed E-state index contributed by atoms with van der Waals surface area (Å²) in [5.74, 6) is 0.985.